The van der Waals surface area contributed by atoms with Gasteiger partial charge in [-0.3, -0.25) is 0 Å². The zero-order chi connectivity index (χ0) is 9.97. The van der Waals surface area contributed by atoms with Crippen LogP contribution in [0, 0.1) is 0 Å². The maximum atomic E-state index is 5.43. The third kappa shape index (κ3) is 1.42. The van der Waals surface area contributed by atoms with Crippen molar-refractivity contribution in [2.75, 3.05) is 0 Å². The third-order valence-corrected chi connectivity index (χ3v) is 2.08. The van der Waals surface area contributed by atoms with Crippen LogP contribution < -0.4 is 5.73 Å². The summed E-state index contributed by atoms with van der Waals surface area (Å²) in [5.41, 5.74) is 7.17. The number of aryl methyl sites for hydroxylation is 1. The molecule has 0 radical (unpaired) electrons. The molecule has 2 aromatic rings. The van der Waals surface area contributed by atoms with Gasteiger partial charge in [-0.25, -0.2) is 4.98 Å². The number of nitrogens with zero attached hydrogens (tertiary/aromatic N) is 3. The molecule has 0 bridgehead atoms. The molecule has 0 aromatic carbocycles. The van der Waals surface area contributed by atoms with Crippen molar-refractivity contribution in [1.82, 2.24) is 14.7 Å². The summed E-state index contributed by atoms with van der Waals surface area (Å²) in [7, 11) is 0. The Morgan fingerprint density at radius 3 is 3.07 bits per heavy atom. The third-order valence-electron chi connectivity index (χ3n) is 2.08. The molecule has 0 amide bonds. The lowest BCUT2D eigenvalue weighted by atomic mass is 10.3. The average Bonchev–Trinajstić information content (AvgIpc) is 2.85. The fraction of sp³-hybridized carbons (Fsp3) is 0.333. The van der Waals surface area contributed by atoms with Gasteiger partial charge >= 0.3 is 0 Å². The lowest BCUT2D eigenvalue weighted by Gasteiger charge is -1.99. The number of nitrogens with two attached hydrogens (primary N) is 1. The predicted molar refractivity (Wildman–Crippen MR) is 51.3 cm³/mol. The summed E-state index contributed by atoms with van der Waals surface area (Å²) in [5.74, 6) is 0.684. The molecule has 0 aliphatic rings. The Kier molecular flexibility index (Phi) is 2.32. The Balaban J connectivity index is 2.38. The van der Waals surface area contributed by atoms with Crippen LogP contribution in [0.1, 0.15) is 12.7 Å². The zero-order valence-corrected chi connectivity index (χ0v) is 7.97. The maximum absolute atomic E-state index is 5.43. The summed E-state index contributed by atoms with van der Waals surface area (Å²) in [5, 5.41) is 3.92. The topological polar surface area (TPSA) is 69.9 Å². The van der Waals surface area contributed by atoms with Gasteiger partial charge in [-0.2, -0.15) is 0 Å². The van der Waals surface area contributed by atoms with Crippen molar-refractivity contribution in [2.24, 2.45) is 5.73 Å². The van der Waals surface area contributed by atoms with Crippen LogP contribution >= 0.6 is 0 Å². The summed E-state index contributed by atoms with van der Waals surface area (Å²) >= 11 is 0. The van der Waals surface area contributed by atoms with E-state index >= 15 is 0 Å². The smallest absolute Gasteiger partial charge is 0.150 e. The molecule has 5 nitrogen and oxygen atoms in total. The van der Waals surface area contributed by atoms with E-state index in [-0.39, 0.29) is 0 Å². The minimum Gasteiger partial charge on any atom is -0.359 e. The first-order valence-electron chi connectivity index (χ1n) is 4.51. The summed E-state index contributed by atoms with van der Waals surface area (Å²) in [6, 6.07) is 1.84. The second kappa shape index (κ2) is 3.63. The van der Waals surface area contributed by atoms with Crippen LogP contribution in [0.2, 0.25) is 0 Å². The molecule has 0 atom stereocenters. The number of imidazole rings is 1. The summed E-state index contributed by atoms with van der Waals surface area (Å²) in [4.78, 5) is 4.05. The van der Waals surface area contributed by atoms with Gasteiger partial charge in [-0.05, 0) is 6.92 Å². The number of hydrogen-bond acceptors (Lipinski definition) is 4. The van der Waals surface area contributed by atoms with Gasteiger partial charge in [-0.1, -0.05) is 5.16 Å². The molecular weight excluding hydrogens is 180 g/mol. The molecule has 0 saturated heterocycles. The number of aromatic nitrogens is 3. The molecule has 0 unspecified atom stereocenters. The van der Waals surface area contributed by atoms with Crippen molar-refractivity contribution in [3.05, 3.63) is 24.4 Å². The predicted octanol–water partition coefficient (Wildman–Crippen LogP) is 1.02. The molecule has 0 saturated carbocycles. The summed E-state index contributed by atoms with van der Waals surface area (Å²) < 4.78 is 7.02. The molecule has 2 rings (SSSR count). The molecule has 0 spiro atoms. The molecule has 0 fully saturated rings. The minimum atomic E-state index is 0.368. The van der Waals surface area contributed by atoms with Crippen molar-refractivity contribution in [2.45, 2.75) is 20.0 Å². The minimum absolute atomic E-state index is 0.368. The number of rotatable bonds is 3. The Labute approximate surface area is 81.5 Å². The van der Waals surface area contributed by atoms with Gasteiger partial charge in [0.05, 0.1) is 24.8 Å². The first-order chi connectivity index (χ1) is 6.85. The molecular formula is C9H12N4O. The molecule has 14 heavy (non-hydrogen) atoms. The Morgan fingerprint density at radius 1 is 1.57 bits per heavy atom. The maximum Gasteiger partial charge on any atom is 0.150 e. The lowest BCUT2D eigenvalue weighted by Crippen LogP contribution is -1.95. The van der Waals surface area contributed by atoms with Crippen molar-refractivity contribution in [1.29, 1.82) is 0 Å². The fourth-order valence-corrected chi connectivity index (χ4v) is 1.32. The zero-order valence-electron chi connectivity index (χ0n) is 7.97. The summed E-state index contributed by atoms with van der Waals surface area (Å²) in [6.07, 6.45) is 3.54. The normalized spacial score (nSPS) is 10.7. The van der Waals surface area contributed by atoms with E-state index in [4.69, 9.17) is 10.3 Å². The van der Waals surface area contributed by atoms with E-state index in [1.807, 2.05) is 10.6 Å². The van der Waals surface area contributed by atoms with Crippen LogP contribution in [0.5, 0.6) is 0 Å². The van der Waals surface area contributed by atoms with E-state index in [0.29, 0.717) is 12.3 Å². The monoisotopic (exact) mass is 192 g/mol. The van der Waals surface area contributed by atoms with Crippen molar-refractivity contribution < 1.29 is 4.52 Å². The van der Waals surface area contributed by atoms with Gasteiger partial charge in [0.25, 0.3) is 0 Å². The molecule has 0 aliphatic carbocycles. The first kappa shape index (κ1) is 8.96. The van der Waals surface area contributed by atoms with Crippen LogP contribution in [-0.4, -0.2) is 14.7 Å². The van der Waals surface area contributed by atoms with E-state index in [2.05, 4.69) is 17.1 Å². The Bertz CT molecular complexity index is 418. The molecule has 2 aromatic heterocycles. The van der Waals surface area contributed by atoms with E-state index in [0.717, 1.165) is 17.9 Å². The van der Waals surface area contributed by atoms with Gasteiger partial charge in [0.15, 0.2) is 5.76 Å². The highest BCUT2D eigenvalue weighted by Crippen LogP contribution is 2.18. The lowest BCUT2D eigenvalue weighted by molar-refractivity contribution is 0.386. The van der Waals surface area contributed by atoms with Gasteiger partial charge in [-0.15, -0.1) is 0 Å². The molecule has 0 aliphatic heterocycles. The average molecular weight is 192 g/mol. The molecule has 2 N–H and O–H groups in total. The highest BCUT2D eigenvalue weighted by atomic mass is 16.5. The fourth-order valence-electron chi connectivity index (χ4n) is 1.32. The Hall–Kier alpha value is -1.62. The molecule has 2 heterocycles. The molecule has 74 valence electrons. The van der Waals surface area contributed by atoms with Gasteiger partial charge in [0, 0.05) is 12.6 Å². The van der Waals surface area contributed by atoms with Crippen molar-refractivity contribution in [3.63, 3.8) is 0 Å². The van der Waals surface area contributed by atoms with E-state index in [1.54, 1.807) is 12.5 Å². The number of hydrogen-bond donors (Lipinski definition) is 1. The molecule has 5 heteroatoms. The van der Waals surface area contributed by atoms with E-state index in [9.17, 15) is 0 Å². The highest BCUT2D eigenvalue weighted by Gasteiger charge is 2.09. The van der Waals surface area contributed by atoms with E-state index in [1.165, 1.54) is 0 Å². The van der Waals surface area contributed by atoms with Gasteiger partial charge < -0.3 is 14.8 Å². The second-order valence-electron chi connectivity index (χ2n) is 2.95. The van der Waals surface area contributed by atoms with Gasteiger partial charge in [0.1, 0.15) is 5.69 Å². The standard InChI is InChI=1S/C9H12N4O/c1-2-13-6-11-5-9(13)8-3-7(4-10)14-12-8/h3,5-6H,2,4,10H2,1H3. The van der Waals surface area contributed by atoms with Crippen molar-refractivity contribution >= 4 is 0 Å². The van der Waals surface area contributed by atoms with Crippen LogP contribution in [0.15, 0.2) is 23.1 Å². The first-order valence-corrected chi connectivity index (χ1v) is 4.51. The highest BCUT2D eigenvalue weighted by molar-refractivity contribution is 5.53. The SMILES string of the molecule is CCn1cncc1-c1cc(CN)on1. The van der Waals surface area contributed by atoms with Crippen LogP contribution in [-0.2, 0) is 13.1 Å². The quantitative estimate of drug-likeness (QED) is 0.788. The van der Waals surface area contributed by atoms with Crippen molar-refractivity contribution in [3.8, 4) is 11.4 Å². The van der Waals surface area contributed by atoms with Crippen LogP contribution in [0.4, 0.5) is 0 Å². The Morgan fingerprint density at radius 2 is 2.43 bits per heavy atom. The van der Waals surface area contributed by atoms with Crippen LogP contribution in [0.25, 0.3) is 11.4 Å². The second-order valence-corrected chi connectivity index (χ2v) is 2.95. The largest absolute Gasteiger partial charge is 0.359 e. The van der Waals surface area contributed by atoms with Crippen LogP contribution in [0.3, 0.4) is 0 Å². The van der Waals surface area contributed by atoms with E-state index < -0.39 is 0 Å². The summed E-state index contributed by atoms with van der Waals surface area (Å²) in [6.45, 7) is 3.28. The van der Waals surface area contributed by atoms with Gasteiger partial charge in [0.2, 0.25) is 0 Å².